The molecule has 2 aromatic heterocycles. The number of fused-ring (bicyclic) bond motifs is 1. The zero-order valence-electron chi connectivity index (χ0n) is 18.2. The van der Waals surface area contributed by atoms with Crippen molar-refractivity contribution >= 4 is 28.7 Å². The number of rotatable bonds is 4. The Kier molecular flexibility index (Phi) is 5.68. The average Bonchev–Trinajstić information content (AvgIpc) is 3.24. The highest BCUT2D eigenvalue weighted by molar-refractivity contribution is 6.31. The summed E-state index contributed by atoms with van der Waals surface area (Å²) in [6, 6.07) is 15.1. The number of aromatic nitrogens is 5. The van der Waals surface area contributed by atoms with Crippen molar-refractivity contribution in [3.8, 4) is 0 Å². The van der Waals surface area contributed by atoms with E-state index < -0.39 is 0 Å². The Balaban J connectivity index is 1.35. The Hall–Kier alpha value is -3.52. The van der Waals surface area contributed by atoms with E-state index in [4.69, 9.17) is 16.6 Å². The van der Waals surface area contributed by atoms with Crippen LogP contribution < -0.4 is 5.56 Å². The number of piperidine rings is 1. The number of halogens is 1. The highest BCUT2D eigenvalue weighted by Gasteiger charge is 2.27. The largest absolute Gasteiger partial charge is 0.339 e. The van der Waals surface area contributed by atoms with E-state index in [-0.39, 0.29) is 22.9 Å². The number of amides is 1. The summed E-state index contributed by atoms with van der Waals surface area (Å²) in [6.07, 6.45) is 1.44. The lowest BCUT2D eigenvalue weighted by Gasteiger charge is -2.31. The van der Waals surface area contributed by atoms with E-state index in [1.54, 1.807) is 4.68 Å². The number of aromatic amines is 1. The van der Waals surface area contributed by atoms with E-state index in [1.165, 1.54) is 0 Å². The Bertz CT molecular complexity index is 1370. The molecule has 1 aliphatic heterocycles. The highest BCUT2D eigenvalue weighted by atomic mass is 35.5. The fraction of sp³-hybridized carbons (Fsp3) is 0.292. The number of aryl methyl sites for hydroxylation is 1. The van der Waals surface area contributed by atoms with E-state index in [1.807, 2.05) is 60.4 Å². The van der Waals surface area contributed by atoms with Crippen LogP contribution >= 0.6 is 11.6 Å². The van der Waals surface area contributed by atoms with Crippen molar-refractivity contribution in [3.05, 3.63) is 86.4 Å². The van der Waals surface area contributed by atoms with Gasteiger partial charge >= 0.3 is 0 Å². The number of hydrogen-bond acceptors (Lipinski definition) is 5. The van der Waals surface area contributed by atoms with Crippen molar-refractivity contribution < 1.29 is 4.79 Å². The lowest BCUT2D eigenvalue weighted by Crippen LogP contribution is -2.38. The summed E-state index contributed by atoms with van der Waals surface area (Å²) in [5.74, 6) is 0.692. The fourth-order valence-corrected chi connectivity index (χ4v) is 4.40. The molecule has 9 heteroatoms. The van der Waals surface area contributed by atoms with Crippen LogP contribution in [0.15, 0.2) is 53.3 Å². The van der Waals surface area contributed by atoms with Gasteiger partial charge in [-0.2, -0.15) is 0 Å². The third-order valence-corrected chi connectivity index (χ3v) is 6.51. The van der Waals surface area contributed by atoms with Gasteiger partial charge in [-0.05, 0) is 43.5 Å². The average molecular weight is 463 g/mol. The van der Waals surface area contributed by atoms with Crippen molar-refractivity contribution in [1.82, 2.24) is 29.9 Å². The van der Waals surface area contributed by atoms with E-state index in [0.717, 1.165) is 24.0 Å². The van der Waals surface area contributed by atoms with Crippen LogP contribution in [0.2, 0.25) is 5.02 Å². The molecule has 33 heavy (non-hydrogen) atoms. The summed E-state index contributed by atoms with van der Waals surface area (Å²) in [4.78, 5) is 34.9. The zero-order valence-corrected chi connectivity index (χ0v) is 18.9. The molecular weight excluding hydrogens is 440 g/mol. The first-order valence-electron chi connectivity index (χ1n) is 10.9. The number of benzene rings is 2. The Morgan fingerprint density at radius 3 is 2.58 bits per heavy atom. The molecule has 1 fully saturated rings. The summed E-state index contributed by atoms with van der Waals surface area (Å²) in [5, 5.41) is 8.76. The molecule has 2 aromatic carbocycles. The van der Waals surface area contributed by atoms with Crippen LogP contribution in [0.3, 0.4) is 0 Å². The Morgan fingerprint density at radius 2 is 1.85 bits per heavy atom. The summed E-state index contributed by atoms with van der Waals surface area (Å²) in [6.45, 7) is 3.59. The monoisotopic (exact) mass is 462 g/mol. The standard InChI is InChI=1S/C24H23ClN6O2/c1-15-6-8-17(9-7-15)24(33)30-12-10-16(11-13-30)21-26-22-20(23(32)27-21)28-29-31(22)14-18-4-2-3-5-19(18)25/h2-9,16H,10-14H2,1H3,(H,26,27,32). The van der Waals surface area contributed by atoms with Gasteiger partial charge in [-0.15, -0.1) is 5.10 Å². The van der Waals surface area contributed by atoms with Gasteiger partial charge in [0.15, 0.2) is 11.2 Å². The molecule has 0 spiro atoms. The smallest absolute Gasteiger partial charge is 0.281 e. The molecule has 0 aliphatic carbocycles. The van der Waals surface area contributed by atoms with Crippen molar-refractivity contribution in [2.75, 3.05) is 13.1 Å². The maximum atomic E-state index is 12.8. The van der Waals surface area contributed by atoms with Crippen molar-refractivity contribution in [2.45, 2.75) is 32.2 Å². The molecule has 0 bridgehead atoms. The minimum atomic E-state index is -0.307. The molecule has 1 saturated heterocycles. The van der Waals surface area contributed by atoms with Crippen molar-refractivity contribution in [2.24, 2.45) is 0 Å². The first-order chi connectivity index (χ1) is 16.0. The van der Waals surface area contributed by atoms with Gasteiger partial charge in [0.25, 0.3) is 11.5 Å². The molecule has 1 N–H and O–H groups in total. The van der Waals surface area contributed by atoms with Crippen LogP contribution in [0.25, 0.3) is 11.2 Å². The van der Waals surface area contributed by atoms with Crippen LogP contribution in [0.4, 0.5) is 0 Å². The highest BCUT2D eigenvalue weighted by Crippen LogP contribution is 2.27. The molecule has 8 nitrogen and oxygen atoms in total. The topological polar surface area (TPSA) is 96.8 Å². The summed E-state index contributed by atoms with van der Waals surface area (Å²) in [5.41, 5.74) is 3.03. The van der Waals surface area contributed by atoms with Gasteiger partial charge in [0.2, 0.25) is 0 Å². The van der Waals surface area contributed by atoms with Crippen LogP contribution in [-0.4, -0.2) is 48.9 Å². The molecule has 3 heterocycles. The Morgan fingerprint density at radius 1 is 1.12 bits per heavy atom. The summed E-state index contributed by atoms with van der Waals surface area (Å²) in [7, 11) is 0. The quantitative estimate of drug-likeness (QED) is 0.500. The van der Waals surface area contributed by atoms with Crippen molar-refractivity contribution in [3.63, 3.8) is 0 Å². The number of carbonyl (C=O) groups excluding carboxylic acids is 1. The van der Waals surface area contributed by atoms with Crippen LogP contribution in [-0.2, 0) is 6.54 Å². The summed E-state index contributed by atoms with van der Waals surface area (Å²) >= 11 is 6.29. The molecule has 1 aliphatic rings. The van der Waals surface area contributed by atoms with Gasteiger partial charge in [0, 0.05) is 29.6 Å². The number of carbonyl (C=O) groups is 1. The third kappa shape index (κ3) is 4.26. The van der Waals surface area contributed by atoms with Crippen LogP contribution in [0, 0.1) is 6.92 Å². The normalized spacial score (nSPS) is 14.7. The van der Waals surface area contributed by atoms with Gasteiger partial charge < -0.3 is 9.88 Å². The maximum absolute atomic E-state index is 12.8. The summed E-state index contributed by atoms with van der Waals surface area (Å²) < 4.78 is 1.60. The lowest BCUT2D eigenvalue weighted by atomic mass is 9.95. The molecule has 1 amide bonds. The van der Waals surface area contributed by atoms with Gasteiger partial charge in [-0.1, -0.05) is 52.7 Å². The second-order valence-electron chi connectivity index (χ2n) is 8.39. The number of nitrogens with zero attached hydrogens (tertiary/aromatic N) is 5. The van der Waals surface area contributed by atoms with E-state index in [0.29, 0.717) is 41.7 Å². The first kappa shape index (κ1) is 21.3. The maximum Gasteiger partial charge on any atom is 0.281 e. The number of hydrogen-bond donors (Lipinski definition) is 1. The Labute approximate surface area is 195 Å². The minimum Gasteiger partial charge on any atom is -0.339 e. The van der Waals surface area contributed by atoms with Gasteiger partial charge in [-0.25, -0.2) is 9.67 Å². The molecule has 168 valence electrons. The fourth-order valence-electron chi connectivity index (χ4n) is 4.21. The SMILES string of the molecule is Cc1ccc(C(=O)N2CCC(c3nc4c(nnn4Cc4ccccc4Cl)c(=O)[nH]3)CC2)cc1. The second-order valence-corrected chi connectivity index (χ2v) is 8.80. The van der Waals surface area contributed by atoms with E-state index >= 15 is 0 Å². The van der Waals surface area contributed by atoms with Crippen molar-refractivity contribution in [1.29, 1.82) is 0 Å². The second kappa shape index (κ2) is 8.78. The lowest BCUT2D eigenvalue weighted by molar-refractivity contribution is 0.0711. The van der Waals surface area contributed by atoms with E-state index in [9.17, 15) is 9.59 Å². The van der Waals surface area contributed by atoms with Crippen LogP contribution in [0.5, 0.6) is 0 Å². The third-order valence-electron chi connectivity index (χ3n) is 6.14. The molecule has 4 aromatic rings. The molecular formula is C24H23ClN6O2. The molecule has 0 unspecified atom stereocenters. The minimum absolute atomic E-state index is 0.0346. The molecule has 0 saturated carbocycles. The molecule has 0 atom stereocenters. The van der Waals surface area contributed by atoms with Gasteiger partial charge in [-0.3, -0.25) is 9.59 Å². The number of H-pyrrole nitrogens is 1. The number of likely N-dealkylation sites (tertiary alicyclic amines) is 1. The predicted molar refractivity (Wildman–Crippen MR) is 126 cm³/mol. The van der Waals surface area contributed by atoms with E-state index in [2.05, 4.69) is 15.3 Å². The van der Waals surface area contributed by atoms with Gasteiger partial charge in [0.05, 0.1) is 6.54 Å². The number of nitrogens with one attached hydrogen (secondary N) is 1. The van der Waals surface area contributed by atoms with Gasteiger partial charge in [0.1, 0.15) is 5.82 Å². The molecule has 5 rings (SSSR count). The van der Waals surface area contributed by atoms with Crippen LogP contribution in [0.1, 0.15) is 46.1 Å². The predicted octanol–water partition coefficient (Wildman–Crippen LogP) is 3.54. The molecule has 0 radical (unpaired) electrons. The first-order valence-corrected chi connectivity index (χ1v) is 11.3. The zero-order chi connectivity index (χ0) is 22.9.